The van der Waals surface area contributed by atoms with Crippen LogP contribution in [0.2, 0.25) is 10.3 Å². The maximum absolute atomic E-state index is 13.6. The molecule has 1 aromatic carbocycles. The molecule has 2 rings (SSSR count). The summed E-state index contributed by atoms with van der Waals surface area (Å²) in [5.41, 5.74) is 4.83. The van der Waals surface area contributed by atoms with Gasteiger partial charge in [-0.05, 0) is 24.3 Å². The summed E-state index contributed by atoms with van der Waals surface area (Å²) in [5, 5.41) is 8.94. The zero-order chi connectivity index (χ0) is 15.6. The zero-order valence-corrected chi connectivity index (χ0v) is 11.7. The lowest BCUT2D eigenvalue weighted by Gasteiger charge is -2.08. The summed E-state index contributed by atoms with van der Waals surface area (Å²) in [4.78, 5) is 23.1. The van der Waals surface area contributed by atoms with Crippen LogP contribution in [-0.4, -0.2) is 22.0 Å². The number of rotatable bonds is 3. The third-order valence-corrected chi connectivity index (χ3v) is 2.93. The first-order chi connectivity index (χ1) is 9.88. The van der Waals surface area contributed by atoms with Crippen LogP contribution in [0.25, 0.3) is 0 Å². The molecular formula is C12H7Cl2FN4O2. The fraction of sp³-hybridized carbons (Fsp3) is 0. The predicted molar refractivity (Wildman–Crippen MR) is 74.9 cm³/mol. The summed E-state index contributed by atoms with van der Waals surface area (Å²) in [6.45, 7) is 0. The fourth-order valence-corrected chi connectivity index (χ4v) is 1.80. The third kappa shape index (κ3) is 3.45. The number of hydrogen-bond acceptors (Lipinski definition) is 4. The Morgan fingerprint density at radius 2 is 1.90 bits per heavy atom. The van der Waals surface area contributed by atoms with Crippen molar-refractivity contribution in [3.05, 3.63) is 51.5 Å². The van der Waals surface area contributed by atoms with Crippen LogP contribution in [0.3, 0.4) is 0 Å². The van der Waals surface area contributed by atoms with Crippen LogP contribution in [0, 0.1) is 5.82 Å². The molecule has 108 valence electrons. The van der Waals surface area contributed by atoms with E-state index in [1.165, 1.54) is 12.1 Å². The molecule has 0 aliphatic rings. The van der Waals surface area contributed by atoms with Gasteiger partial charge in [-0.25, -0.2) is 4.39 Å². The molecule has 0 atom stereocenters. The van der Waals surface area contributed by atoms with Gasteiger partial charge in [0.05, 0.1) is 11.3 Å². The quantitative estimate of drug-likeness (QED) is 0.902. The highest BCUT2D eigenvalue weighted by Crippen LogP contribution is 2.20. The number of benzene rings is 1. The largest absolute Gasteiger partial charge is 0.366 e. The maximum atomic E-state index is 13.6. The molecule has 0 unspecified atom stereocenters. The first-order valence-electron chi connectivity index (χ1n) is 5.48. The molecule has 0 bridgehead atoms. The standard InChI is InChI=1S/C12H7Cl2FN4O2/c13-9-4-6(10(14)19-18-9)12(21)17-8-3-5(11(16)20)1-2-7(8)15/h1-4H,(H2,16,20)(H,17,21). The fourth-order valence-electron chi connectivity index (χ4n) is 1.48. The number of primary amides is 1. The van der Waals surface area contributed by atoms with E-state index in [0.29, 0.717) is 0 Å². The van der Waals surface area contributed by atoms with Crippen LogP contribution < -0.4 is 11.1 Å². The van der Waals surface area contributed by atoms with Gasteiger partial charge in [-0.1, -0.05) is 23.2 Å². The van der Waals surface area contributed by atoms with Crippen molar-refractivity contribution in [1.29, 1.82) is 0 Å². The molecule has 0 aliphatic carbocycles. The molecule has 9 heteroatoms. The molecule has 6 nitrogen and oxygen atoms in total. The summed E-state index contributed by atoms with van der Waals surface area (Å²) in [7, 11) is 0. The minimum Gasteiger partial charge on any atom is -0.366 e. The Hall–Kier alpha value is -2.25. The van der Waals surface area contributed by atoms with Crippen molar-refractivity contribution < 1.29 is 14.0 Å². The molecule has 21 heavy (non-hydrogen) atoms. The third-order valence-electron chi connectivity index (χ3n) is 2.46. The Kier molecular flexibility index (Phi) is 4.35. The van der Waals surface area contributed by atoms with E-state index in [0.717, 1.165) is 12.1 Å². The first-order valence-corrected chi connectivity index (χ1v) is 6.23. The van der Waals surface area contributed by atoms with Crippen molar-refractivity contribution in [2.75, 3.05) is 5.32 Å². The average molecular weight is 329 g/mol. The number of aromatic nitrogens is 2. The summed E-state index contributed by atoms with van der Waals surface area (Å²) in [5.74, 6) is -2.24. The molecule has 0 spiro atoms. The Labute approximate surface area is 128 Å². The van der Waals surface area contributed by atoms with Crippen LogP contribution in [0.5, 0.6) is 0 Å². The predicted octanol–water partition coefficient (Wildman–Crippen LogP) is 2.27. The molecular weight excluding hydrogens is 322 g/mol. The molecule has 3 N–H and O–H groups in total. The van der Waals surface area contributed by atoms with Crippen LogP contribution in [0.4, 0.5) is 10.1 Å². The SMILES string of the molecule is NC(=O)c1ccc(F)c(NC(=O)c2cc(Cl)nnc2Cl)c1. The molecule has 1 heterocycles. The second kappa shape index (κ2) is 6.02. The van der Waals surface area contributed by atoms with Crippen LogP contribution in [0.1, 0.15) is 20.7 Å². The number of nitrogens with one attached hydrogen (secondary N) is 1. The van der Waals surface area contributed by atoms with E-state index in [4.69, 9.17) is 28.9 Å². The highest BCUT2D eigenvalue weighted by Gasteiger charge is 2.16. The Bertz CT molecular complexity index is 739. The zero-order valence-electron chi connectivity index (χ0n) is 10.2. The van der Waals surface area contributed by atoms with Crippen molar-refractivity contribution in [3.63, 3.8) is 0 Å². The smallest absolute Gasteiger partial charge is 0.259 e. The van der Waals surface area contributed by atoms with Gasteiger partial charge in [0, 0.05) is 5.56 Å². The van der Waals surface area contributed by atoms with E-state index in [9.17, 15) is 14.0 Å². The van der Waals surface area contributed by atoms with Crippen molar-refractivity contribution in [3.8, 4) is 0 Å². The molecule has 1 aromatic heterocycles. The second-order valence-corrected chi connectivity index (χ2v) is 4.63. The van der Waals surface area contributed by atoms with Gasteiger partial charge >= 0.3 is 0 Å². The monoisotopic (exact) mass is 328 g/mol. The van der Waals surface area contributed by atoms with Gasteiger partial charge in [0.1, 0.15) is 5.82 Å². The number of amides is 2. The van der Waals surface area contributed by atoms with Gasteiger partial charge in [0.15, 0.2) is 10.3 Å². The first kappa shape index (κ1) is 15.1. The number of anilines is 1. The van der Waals surface area contributed by atoms with E-state index < -0.39 is 17.6 Å². The van der Waals surface area contributed by atoms with Crippen molar-refractivity contribution >= 4 is 40.7 Å². The molecule has 0 fully saturated rings. The average Bonchev–Trinajstić information content (AvgIpc) is 2.43. The topological polar surface area (TPSA) is 98.0 Å². The number of carbonyl (C=O) groups excluding carboxylic acids is 2. The molecule has 2 amide bonds. The molecule has 0 radical (unpaired) electrons. The molecule has 0 saturated carbocycles. The number of halogens is 3. The lowest BCUT2D eigenvalue weighted by molar-refractivity contribution is 0.0996. The van der Waals surface area contributed by atoms with Crippen molar-refractivity contribution in [2.45, 2.75) is 0 Å². The van der Waals surface area contributed by atoms with Crippen LogP contribution in [0.15, 0.2) is 24.3 Å². The summed E-state index contributed by atoms with van der Waals surface area (Å²) in [6.07, 6.45) is 0. The molecule has 0 saturated heterocycles. The van der Waals surface area contributed by atoms with Gasteiger partial charge in [-0.3, -0.25) is 9.59 Å². The van der Waals surface area contributed by atoms with Crippen LogP contribution in [-0.2, 0) is 0 Å². The van der Waals surface area contributed by atoms with E-state index in [-0.39, 0.29) is 27.1 Å². The van der Waals surface area contributed by atoms with Gasteiger partial charge in [0.25, 0.3) is 5.91 Å². The minimum atomic E-state index is -0.753. The van der Waals surface area contributed by atoms with Gasteiger partial charge in [-0.2, -0.15) is 0 Å². The second-order valence-electron chi connectivity index (χ2n) is 3.88. The van der Waals surface area contributed by atoms with E-state index in [1.54, 1.807) is 0 Å². The number of nitrogens with two attached hydrogens (primary N) is 1. The highest BCUT2D eigenvalue weighted by molar-refractivity contribution is 6.34. The maximum Gasteiger partial charge on any atom is 0.259 e. The lowest BCUT2D eigenvalue weighted by atomic mass is 10.1. The highest BCUT2D eigenvalue weighted by atomic mass is 35.5. The number of nitrogens with zero attached hydrogens (tertiary/aromatic N) is 2. The summed E-state index contributed by atoms with van der Waals surface area (Å²) in [6, 6.07) is 4.50. The van der Waals surface area contributed by atoms with E-state index in [2.05, 4.69) is 15.5 Å². The Morgan fingerprint density at radius 1 is 1.19 bits per heavy atom. The van der Waals surface area contributed by atoms with Crippen molar-refractivity contribution in [2.24, 2.45) is 5.73 Å². The van der Waals surface area contributed by atoms with Gasteiger partial charge in [-0.15, -0.1) is 10.2 Å². The minimum absolute atomic E-state index is 0.0451. The number of carbonyl (C=O) groups is 2. The molecule has 0 aliphatic heterocycles. The lowest BCUT2D eigenvalue weighted by Crippen LogP contribution is -2.16. The molecule has 2 aromatic rings. The van der Waals surface area contributed by atoms with E-state index >= 15 is 0 Å². The summed E-state index contributed by atoms with van der Waals surface area (Å²) >= 11 is 11.3. The van der Waals surface area contributed by atoms with Gasteiger partial charge < -0.3 is 11.1 Å². The van der Waals surface area contributed by atoms with E-state index in [1.807, 2.05) is 0 Å². The Morgan fingerprint density at radius 3 is 2.57 bits per heavy atom. The number of hydrogen-bond donors (Lipinski definition) is 2. The Balaban J connectivity index is 2.33. The summed E-state index contributed by atoms with van der Waals surface area (Å²) < 4.78 is 13.6. The van der Waals surface area contributed by atoms with Gasteiger partial charge in [0.2, 0.25) is 5.91 Å². The van der Waals surface area contributed by atoms with Crippen molar-refractivity contribution in [1.82, 2.24) is 10.2 Å². The normalized spacial score (nSPS) is 10.2. The van der Waals surface area contributed by atoms with Crippen LogP contribution >= 0.6 is 23.2 Å².